The zero-order valence-corrected chi connectivity index (χ0v) is 14.3. The Kier molecular flexibility index (Phi) is 10.0. The Morgan fingerprint density at radius 1 is 1.19 bits per heavy atom. The lowest BCUT2D eigenvalue weighted by molar-refractivity contribution is -0.122. The fraction of sp³-hybridized carbons (Fsp3) is 0.429. The van der Waals surface area contributed by atoms with Gasteiger partial charge in [-0.15, -0.1) is 12.4 Å². The van der Waals surface area contributed by atoms with E-state index >= 15 is 0 Å². The number of carbonyl (C=O) groups excluding carboxylic acids is 2. The number of nitrogens with one attached hydrogen (secondary N) is 2. The Morgan fingerprint density at radius 3 is 2.33 bits per heavy atom. The first-order chi connectivity index (χ1) is 9.54. The van der Waals surface area contributed by atoms with Crippen molar-refractivity contribution in [1.29, 1.82) is 0 Å². The molecule has 0 radical (unpaired) electrons. The topological polar surface area (TPSA) is 84.2 Å². The molecular formula is C14H21BrClN3O2. The molecule has 0 bridgehead atoms. The monoisotopic (exact) mass is 377 g/mol. The molecule has 1 aromatic carbocycles. The van der Waals surface area contributed by atoms with Crippen LogP contribution in [0.2, 0.25) is 0 Å². The summed E-state index contributed by atoms with van der Waals surface area (Å²) in [6, 6.07) is 6.60. The summed E-state index contributed by atoms with van der Waals surface area (Å²) in [6.45, 7) is 2.73. The van der Waals surface area contributed by atoms with Crippen LogP contribution in [0.1, 0.15) is 30.1 Å². The molecule has 0 spiro atoms. The Hall–Kier alpha value is -1.11. The molecule has 5 nitrogen and oxygen atoms in total. The number of benzene rings is 1. The summed E-state index contributed by atoms with van der Waals surface area (Å²) >= 11 is 3.31. The largest absolute Gasteiger partial charge is 0.353 e. The third kappa shape index (κ3) is 7.45. The van der Waals surface area contributed by atoms with Gasteiger partial charge >= 0.3 is 0 Å². The first kappa shape index (κ1) is 19.9. The highest BCUT2D eigenvalue weighted by atomic mass is 79.9. The summed E-state index contributed by atoms with van der Waals surface area (Å²) in [4.78, 5) is 23.3. The highest BCUT2D eigenvalue weighted by Crippen LogP contribution is 2.10. The number of nitrogens with two attached hydrogens (primary N) is 1. The standard InChI is InChI=1S/C14H20BrN3O2.ClH/c1-2-3-12(16)14(20)18-9-8-17-13(19)10-4-6-11(15)7-5-10;/h4-7,12H,2-3,8-9,16H2,1H3,(H,17,19)(H,18,20);1H. The maximum Gasteiger partial charge on any atom is 0.251 e. The summed E-state index contributed by atoms with van der Waals surface area (Å²) in [6.07, 6.45) is 1.53. The maximum atomic E-state index is 11.8. The predicted octanol–water partition coefficient (Wildman–Crippen LogP) is 1.84. The molecule has 0 heterocycles. The quantitative estimate of drug-likeness (QED) is 0.633. The highest BCUT2D eigenvalue weighted by molar-refractivity contribution is 9.10. The van der Waals surface area contributed by atoms with E-state index in [0.29, 0.717) is 25.1 Å². The molecule has 1 rings (SSSR count). The number of halogens is 2. The normalized spacial score (nSPS) is 11.2. The molecule has 1 unspecified atom stereocenters. The van der Waals surface area contributed by atoms with Crippen LogP contribution in [0.15, 0.2) is 28.7 Å². The lowest BCUT2D eigenvalue weighted by atomic mass is 10.2. The summed E-state index contributed by atoms with van der Waals surface area (Å²) in [5.41, 5.74) is 6.26. The van der Waals surface area contributed by atoms with E-state index in [1.807, 2.05) is 6.92 Å². The molecule has 1 aromatic rings. The molecule has 7 heteroatoms. The highest BCUT2D eigenvalue weighted by Gasteiger charge is 2.11. The zero-order chi connectivity index (χ0) is 15.0. The van der Waals surface area contributed by atoms with E-state index in [1.165, 1.54) is 0 Å². The number of hydrogen-bond donors (Lipinski definition) is 3. The maximum absolute atomic E-state index is 11.8. The van der Waals surface area contributed by atoms with Crippen LogP contribution in [0.3, 0.4) is 0 Å². The van der Waals surface area contributed by atoms with E-state index in [0.717, 1.165) is 10.9 Å². The SMILES string of the molecule is CCCC(N)C(=O)NCCNC(=O)c1ccc(Br)cc1.Cl. The van der Waals surface area contributed by atoms with Crippen molar-refractivity contribution in [2.24, 2.45) is 5.73 Å². The summed E-state index contributed by atoms with van der Waals surface area (Å²) in [7, 11) is 0. The molecule has 0 saturated carbocycles. The average molecular weight is 379 g/mol. The lowest BCUT2D eigenvalue weighted by Gasteiger charge is -2.11. The minimum atomic E-state index is -0.470. The molecule has 4 N–H and O–H groups in total. The van der Waals surface area contributed by atoms with Crippen LogP contribution in [0.25, 0.3) is 0 Å². The fourth-order valence-corrected chi connectivity index (χ4v) is 1.90. The van der Waals surface area contributed by atoms with Crippen molar-refractivity contribution in [2.45, 2.75) is 25.8 Å². The fourth-order valence-electron chi connectivity index (χ4n) is 1.64. The molecule has 0 aromatic heterocycles. The van der Waals surface area contributed by atoms with Gasteiger partial charge in [0, 0.05) is 23.1 Å². The first-order valence-corrected chi connectivity index (χ1v) is 7.41. The van der Waals surface area contributed by atoms with Crippen LogP contribution in [-0.2, 0) is 4.79 Å². The minimum Gasteiger partial charge on any atom is -0.353 e. The van der Waals surface area contributed by atoms with Gasteiger partial charge in [0.1, 0.15) is 0 Å². The van der Waals surface area contributed by atoms with Crippen LogP contribution in [-0.4, -0.2) is 30.9 Å². The lowest BCUT2D eigenvalue weighted by Crippen LogP contribution is -2.43. The van der Waals surface area contributed by atoms with Crippen molar-refractivity contribution in [3.05, 3.63) is 34.3 Å². The van der Waals surface area contributed by atoms with E-state index in [2.05, 4.69) is 26.6 Å². The van der Waals surface area contributed by atoms with Gasteiger partial charge in [0.15, 0.2) is 0 Å². The van der Waals surface area contributed by atoms with E-state index in [1.54, 1.807) is 24.3 Å². The second-order valence-electron chi connectivity index (χ2n) is 4.45. The first-order valence-electron chi connectivity index (χ1n) is 6.61. The van der Waals surface area contributed by atoms with Crippen LogP contribution in [0.4, 0.5) is 0 Å². The molecule has 0 aliphatic rings. The van der Waals surface area contributed by atoms with Gasteiger partial charge < -0.3 is 16.4 Å². The Bertz CT molecular complexity index is 454. The zero-order valence-electron chi connectivity index (χ0n) is 11.9. The van der Waals surface area contributed by atoms with Gasteiger partial charge in [-0.25, -0.2) is 0 Å². The third-order valence-electron chi connectivity index (χ3n) is 2.75. The van der Waals surface area contributed by atoms with Crippen molar-refractivity contribution in [3.8, 4) is 0 Å². The minimum absolute atomic E-state index is 0. The van der Waals surface area contributed by atoms with E-state index < -0.39 is 6.04 Å². The Labute approximate surface area is 139 Å². The van der Waals surface area contributed by atoms with Gasteiger partial charge in [0.05, 0.1) is 6.04 Å². The molecule has 21 heavy (non-hydrogen) atoms. The van der Waals surface area contributed by atoms with Gasteiger partial charge in [-0.1, -0.05) is 29.3 Å². The van der Waals surface area contributed by atoms with E-state index in [4.69, 9.17) is 5.73 Å². The second kappa shape index (κ2) is 10.6. The van der Waals surface area contributed by atoms with Crippen LogP contribution in [0.5, 0.6) is 0 Å². The molecule has 0 fully saturated rings. The van der Waals surface area contributed by atoms with Crippen LogP contribution >= 0.6 is 28.3 Å². The number of rotatable bonds is 7. The second-order valence-corrected chi connectivity index (χ2v) is 5.36. The summed E-state index contributed by atoms with van der Waals surface area (Å²) in [5.74, 6) is -0.339. The smallest absolute Gasteiger partial charge is 0.251 e. The van der Waals surface area contributed by atoms with Crippen molar-refractivity contribution >= 4 is 40.2 Å². The van der Waals surface area contributed by atoms with Crippen molar-refractivity contribution in [3.63, 3.8) is 0 Å². The summed E-state index contributed by atoms with van der Waals surface area (Å²) < 4.78 is 0.922. The Balaban J connectivity index is 0.00000400. The molecular weight excluding hydrogens is 358 g/mol. The van der Waals surface area contributed by atoms with Gasteiger partial charge in [0.2, 0.25) is 5.91 Å². The number of amides is 2. The predicted molar refractivity (Wildman–Crippen MR) is 89.6 cm³/mol. The van der Waals surface area contributed by atoms with Gasteiger partial charge in [-0.2, -0.15) is 0 Å². The molecule has 0 saturated heterocycles. The van der Waals surface area contributed by atoms with Crippen LogP contribution in [0, 0.1) is 0 Å². The number of hydrogen-bond acceptors (Lipinski definition) is 3. The molecule has 0 aliphatic heterocycles. The molecule has 118 valence electrons. The van der Waals surface area contributed by atoms with Crippen molar-refractivity contribution in [1.82, 2.24) is 10.6 Å². The van der Waals surface area contributed by atoms with Crippen molar-refractivity contribution in [2.75, 3.05) is 13.1 Å². The Morgan fingerprint density at radius 2 is 1.76 bits per heavy atom. The van der Waals surface area contributed by atoms with E-state index in [9.17, 15) is 9.59 Å². The van der Waals surface area contributed by atoms with Gasteiger partial charge in [0.25, 0.3) is 5.91 Å². The molecule has 1 atom stereocenters. The van der Waals surface area contributed by atoms with Crippen LogP contribution < -0.4 is 16.4 Å². The van der Waals surface area contributed by atoms with Gasteiger partial charge in [-0.3, -0.25) is 9.59 Å². The third-order valence-corrected chi connectivity index (χ3v) is 3.28. The van der Waals surface area contributed by atoms with Gasteiger partial charge in [-0.05, 0) is 30.7 Å². The number of carbonyl (C=O) groups is 2. The summed E-state index contributed by atoms with van der Waals surface area (Å²) in [5, 5.41) is 5.43. The van der Waals surface area contributed by atoms with Crippen molar-refractivity contribution < 1.29 is 9.59 Å². The molecule has 0 aliphatic carbocycles. The van der Waals surface area contributed by atoms with E-state index in [-0.39, 0.29) is 24.2 Å². The molecule has 2 amide bonds. The average Bonchev–Trinajstić information content (AvgIpc) is 2.44.